The van der Waals surface area contributed by atoms with Gasteiger partial charge >= 0.3 is 0 Å². The van der Waals surface area contributed by atoms with E-state index in [1.165, 1.54) is 32.1 Å². The molecule has 0 atom stereocenters. The lowest BCUT2D eigenvalue weighted by molar-refractivity contribution is -0.128. The van der Waals surface area contributed by atoms with E-state index in [4.69, 9.17) is 0 Å². The van der Waals surface area contributed by atoms with Crippen molar-refractivity contribution in [2.45, 2.75) is 82.2 Å². The van der Waals surface area contributed by atoms with E-state index in [1.807, 2.05) is 44.2 Å². The largest absolute Gasteiger partial charge is 0.353 e. The Balaban J connectivity index is 1.19. The molecule has 0 radical (unpaired) electrons. The summed E-state index contributed by atoms with van der Waals surface area (Å²) >= 11 is 0. The summed E-state index contributed by atoms with van der Waals surface area (Å²) in [6.45, 7) is 3.95. The number of nitrogens with one attached hydrogen (secondary N) is 2. The van der Waals surface area contributed by atoms with Gasteiger partial charge in [0, 0.05) is 18.0 Å². The normalized spacial score (nSPS) is 33.9. The van der Waals surface area contributed by atoms with Crippen molar-refractivity contribution >= 4 is 11.8 Å². The highest BCUT2D eigenvalue weighted by atomic mass is 16.2. The molecule has 0 unspecified atom stereocenters. The predicted molar refractivity (Wildman–Crippen MR) is 113 cm³/mol. The number of hydrogen-bond acceptors (Lipinski definition) is 2. The van der Waals surface area contributed by atoms with Crippen LogP contribution in [-0.4, -0.2) is 23.4 Å². The molecular weight excluding hydrogens is 360 g/mol. The molecule has 0 aliphatic heterocycles. The molecule has 4 heteroatoms. The first-order valence-corrected chi connectivity index (χ1v) is 11.5. The van der Waals surface area contributed by atoms with Crippen LogP contribution in [0.25, 0.3) is 0 Å². The lowest BCUT2D eigenvalue weighted by atomic mass is 9.54. The van der Waals surface area contributed by atoms with E-state index >= 15 is 0 Å². The molecule has 5 aliphatic carbocycles. The fourth-order valence-electron chi connectivity index (χ4n) is 6.80. The molecule has 0 spiro atoms. The zero-order valence-corrected chi connectivity index (χ0v) is 17.7. The molecule has 5 saturated carbocycles. The van der Waals surface area contributed by atoms with Gasteiger partial charge in [0.2, 0.25) is 11.8 Å². The molecule has 2 N–H and O–H groups in total. The van der Waals surface area contributed by atoms with Gasteiger partial charge in [0.1, 0.15) is 0 Å². The quantitative estimate of drug-likeness (QED) is 0.768. The molecule has 5 fully saturated rings. The molecule has 2 amide bonds. The minimum Gasteiger partial charge on any atom is -0.353 e. The molecule has 156 valence electrons. The van der Waals surface area contributed by atoms with Crippen LogP contribution < -0.4 is 10.6 Å². The number of carbonyl (C=O) groups is 2. The van der Waals surface area contributed by atoms with Crippen LogP contribution in [0.15, 0.2) is 30.3 Å². The fourth-order valence-corrected chi connectivity index (χ4v) is 6.80. The van der Waals surface area contributed by atoms with Crippen molar-refractivity contribution in [3.63, 3.8) is 0 Å². The molecule has 0 aromatic heterocycles. The number of amides is 2. The molecule has 29 heavy (non-hydrogen) atoms. The summed E-state index contributed by atoms with van der Waals surface area (Å²) in [5.41, 5.74) is 0.153. The number of rotatable bonds is 6. The van der Waals surface area contributed by atoms with Crippen LogP contribution in [-0.2, 0) is 15.0 Å². The minimum atomic E-state index is -0.544. The first-order chi connectivity index (χ1) is 13.8. The van der Waals surface area contributed by atoms with E-state index in [9.17, 15) is 9.59 Å². The maximum atomic E-state index is 13.1. The second-order valence-corrected chi connectivity index (χ2v) is 11.0. The van der Waals surface area contributed by atoms with E-state index in [2.05, 4.69) is 10.6 Å². The average Bonchev–Trinajstić information content (AvgIpc) is 3.46. The Morgan fingerprint density at radius 1 is 0.966 bits per heavy atom. The van der Waals surface area contributed by atoms with Gasteiger partial charge in [-0.15, -0.1) is 0 Å². The summed E-state index contributed by atoms with van der Waals surface area (Å²) < 4.78 is 0. The summed E-state index contributed by atoms with van der Waals surface area (Å²) in [6, 6.07) is 10.4. The van der Waals surface area contributed by atoms with Crippen LogP contribution in [0.5, 0.6) is 0 Å². The Hall–Kier alpha value is -1.84. The van der Waals surface area contributed by atoms with Crippen molar-refractivity contribution in [2.75, 3.05) is 0 Å². The van der Waals surface area contributed by atoms with E-state index < -0.39 is 11.0 Å². The van der Waals surface area contributed by atoms with Gasteiger partial charge in [0.05, 0.1) is 5.41 Å². The van der Waals surface area contributed by atoms with E-state index in [-0.39, 0.29) is 11.8 Å². The SMILES string of the molecule is CC(C)(CC(=O)NC1C2CC3CC(C2)CC1C3)NC(=O)C1(c2ccccc2)CC1. The minimum absolute atomic E-state index is 0.0659. The van der Waals surface area contributed by atoms with Gasteiger partial charge in [-0.25, -0.2) is 0 Å². The zero-order chi connectivity index (χ0) is 20.2. The Kier molecular flexibility index (Phi) is 4.52. The molecule has 4 nitrogen and oxygen atoms in total. The van der Waals surface area contributed by atoms with Crippen LogP contribution in [0.1, 0.15) is 70.8 Å². The Bertz CT molecular complexity index is 768. The lowest BCUT2D eigenvalue weighted by Crippen LogP contribution is -2.57. The summed E-state index contributed by atoms with van der Waals surface area (Å²) in [6.07, 6.45) is 8.75. The molecule has 0 saturated heterocycles. The molecule has 6 rings (SSSR count). The maximum Gasteiger partial charge on any atom is 0.231 e. The molecule has 1 aromatic rings. The van der Waals surface area contributed by atoms with Crippen LogP contribution in [0.4, 0.5) is 0 Å². The van der Waals surface area contributed by atoms with E-state index in [0.717, 1.165) is 30.2 Å². The Morgan fingerprint density at radius 3 is 2.10 bits per heavy atom. The first kappa shape index (κ1) is 19.1. The van der Waals surface area contributed by atoms with Crippen molar-refractivity contribution in [1.29, 1.82) is 0 Å². The average molecular weight is 395 g/mol. The van der Waals surface area contributed by atoms with Gasteiger partial charge in [-0.1, -0.05) is 30.3 Å². The van der Waals surface area contributed by atoms with Crippen molar-refractivity contribution in [2.24, 2.45) is 23.7 Å². The van der Waals surface area contributed by atoms with Gasteiger partial charge in [-0.05, 0) is 88.0 Å². The van der Waals surface area contributed by atoms with Gasteiger partial charge in [0.25, 0.3) is 0 Å². The Labute approximate surface area is 174 Å². The Morgan fingerprint density at radius 2 is 1.55 bits per heavy atom. The second kappa shape index (κ2) is 6.85. The first-order valence-electron chi connectivity index (χ1n) is 11.5. The summed E-state index contributed by atoms with van der Waals surface area (Å²) in [7, 11) is 0. The highest BCUT2D eigenvalue weighted by Gasteiger charge is 2.52. The zero-order valence-electron chi connectivity index (χ0n) is 17.7. The molecule has 4 bridgehead atoms. The molecule has 1 aromatic carbocycles. The van der Waals surface area contributed by atoms with Crippen LogP contribution >= 0.6 is 0 Å². The van der Waals surface area contributed by atoms with Crippen LogP contribution in [0, 0.1) is 23.7 Å². The molecule has 0 heterocycles. The van der Waals surface area contributed by atoms with Gasteiger partial charge in [-0.2, -0.15) is 0 Å². The van der Waals surface area contributed by atoms with E-state index in [0.29, 0.717) is 24.3 Å². The summed E-state index contributed by atoms with van der Waals surface area (Å²) in [4.78, 5) is 26.0. The predicted octanol–water partition coefficient (Wildman–Crippen LogP) is 3.94. The smallest absolute Gasteiger partial charge is 0.231 e. The van der Waals surface area contributed by atoms with Gasteiger partial charge in [0.15, 0.2) is 0 Å². The topological polar surface area (TPSA) is 58.2 Å². The number of hydrogen-bond donors (Lipinski definition) is 2. The highest BCUT2D eigenvalue weighted by molar-refractivity contribution is 5.92. The molecule has 5 aliphatic rings. The van der Waals surface area contributed by atoms with Crippen molar-refractivity contribution in [3.05, 3.63) is 35.9 Å². The highest BCUT2D eigenvalue weighted by Crippen LogP contribution is 2.53. The van der Waals surface area contributed by atoms with E-state index in [1.54, 1.807) is 0 Å². The maximum absolute atomic E-state index is 13.1. The summed E-state index contributed by atoms with van der Waals surface area (Å²) in [5, 5.41) is 6.58. The third-order valence-corrected chi connectivity index (χ3v) is 8.12. The van der Waals surface area contributed by atoms with Crippen LogP contribution in [0.2, 0.25) is 0 Å². The number of benzene rings is 1. The molecular formula is C25H34N2O2. The van der Waals surface area contributed by atoms with Gasteiger partial charge in [-0.3, -0.25) is 9.59 Å². The number of carbonyl (C=O) groups excluding carboxylic acids is 2. The lowest BCUT2D eigenvalue weighted by Gasteiger charge is -2.54. The third-order valence-electron chi connectivity index (χ3n) is 8.12. The van der Waals surface area contributed by atoms with Crippen molar-refractivity contribution < 1.29 is 9.59 Å². The van der Waals surface area contributed by atoms with Gasteiger partial charge < -0.3 is 10.6 Å². The second-order valence-electron chi connectivity index (χ2n) is 11.0. The summed E-state index contributed by atoms with van der Waals surface area (Å²) in [5.74, 6) is 3.35. The fraction of sp³-hybridized carbons (Fsp3) is 0.680. The van der Waals surface area contributed by atoms with Crippen LogP contribution in [0.3, 0.4) is 0 Å². The standard InChI is InChI=1S/C25H34N2O2/c1-24(2,27-23(29)25(8-9-25)20-6-4-3-5-7-20)15-21(28)26-22-18-11-16-10-17(13-18)14-19(22)12-16/h3-7,16-19,22H,8-15H2,1-2H3,(H,26,28)(H,27,29). The monoisotopic (exact) mass is 394 g/mol. The van der Waals surface area contributed by atoms with Crippen molar-refractivity contribution in [1.82, 2.24) is 10.6 Å². The van der Waals surface area contributed by atoms with Crippen molar-refractivity contribution in [3.8, 4) is 0 Å². The third kappa shape index (κ3) is 3.60.